The summed E-state index contributed by atoms with van der Waals surface area (Å²) < 4.78 is 14.8. The summed E-state index contributed by atoms with van der Waals surface area (Å²) in [6.45, 7) is -0.243. The maximum absolute atomic E-state index is 13.5. The van der Waals surface area contributed by atoms with Crippen LogP contribution < -0.4 is 11.0 Å². The maximum Gasteiger partial charge on any atom is 0.262 e. The Balaban J connectivity index is 1.51. The molecular formula is C21H15FN4O2S. The van der Waals surface area contributed by atoms with Gasteiger partial charge in [-0.15, -0.1) is 11.3 Å². The van der Waals surface area contributed by atoms with Crippen molar-refractivity contribution in [2.75, 3.05) is 0 Å². The second-order valence-electron chi connectivity index (χ2n) is 6.19. The number of rotatable bonds is 5. The lowest BCUT2D eigenvalue weighted by Gasteiger charge is -2.03. The molecule has 1 amide bonds. The molecule has 0 aliphatic rings. The average Bonchev–Trinajstić information content (AvgIpc) is 3.17. The van der Waals surface area contributed by atoms with Crippen LogP contribution in [0.4, 0.5) is 4.39 Å². The van der Waals surface area contributed by atoms with Gasteiger partial charge < -0.3 is 0 Å². The number of halogens is 1. The molecule has 2 aromatic carbocycles. The lowest BCUT2D eigenvalue weighted by molar-refractivity contribution is -0.121. The minimum Gasteiger partial charge on any atom is -0.289 e. The molecule has 2 aromatic heterocycles. The summed E-state index contributed by atoms with van der Waals surface area (Å²) in [5, 5.41) is 4.19. The van der Waals surface area contributed by atoms with Gasteiger partial charge in [0.15, 0.2) is 0 Å². The molecule has 1 N–H and O–H groups in total. The molecule has 0 spiro atoms. The van der Waals surface area contributed by atoms with Crippen molar-refractivity contribution < 1.29 is 9.18 Å². The van der Waals surface area contributed by atoms with Crippen LogP contribution in [0, 0.1) is 5.82 Å². The number of hydrazone groups is 1. The zero-order chi connectivity index (χ0) is 20.2. The largest absolute Gasteiger partial charge is 0.289 e. The number of carbonyl (C=O) groups excluding carboxylic acids is 1. The number of benzene rings is 2. The number of aromatic nitrogens is 2. The Bertz CT molecular complexity index is 1260. The van der Waals surface area contributed by atoms with Crippen LogP contribution in [0.15, 0.2) is 76.9 Å². The van der Waals surface area contributed by atoms with E-state index < -0.39 is 11.7 Å². The monoisotopic (exact) mass is 406 g/mol. The summed E-state index contributed by atoms with van der Waals surface area (Å²) in [5.74, 6) is -0.956. The van der Waals surface area contributed by atoms with Gasteiger partial charge in [0.1, 0.15) is 17.2 Å². The number of hydrogen-bond acceptors (Lipinski definition) is 5. The Morgan fingerprint density at radius 1 is 1.17 bits per heavy atom. The Labute approximate surface area is 169 Å². The molecule has 4 rings (SSSR count). The molecule has 8 heteroatoms. The first-order valence-corrected chi connectivity index (χ1v) is 9.54. The van der Waals surface area contributed by atoms with Crippen molar-refractivity contribution in [3.8, 4) is 10.4 Å². The van der Waals surface area contributed by atoms with E-state index in [1.165, 1.54) is 40.6 Å². The van der Waals surface area contributed by atoms with Crippen LogP contribution in [0.5, 0.6) is 0 Å². The maximum atomic E-state index is 13.5. The summed E-state index contributed by atoms with van der Waals surface area (Å²) in [4.78, 5) is 30.6. The Hall–Kier alpha value is -3.65. The third-order valence-corrected chi connectivity index (χ3v) is 5.28. The van der Waals surface area contributed by atoms with Gasteiger partial charge in [-0.05, 0) is 17.7 Å². The molecule has 0 saturated heterocycles. The number of hydrogen-bond donors (Lipinski definition) is 1. The fourth-order valence-electron chi connectivity index (χ4n) is 2.76. The second kappa shape index (κ2) is 8.15. The second-order valence-corrected chi connectivity index (χ2v) is 7.22. The van der Waals surface area contributed by atoms with Crippen LogP contribution in [-0.4, -0.2) is 21.7 Å². The fourth-order valence-corrected chi connectivity index (χ4v) is 3.76. The highest BCUT2D eigenvalue weighted by atomic mass is 32.1. The highest BCUT2D eigenvalue weighted by molar-refractivity contribution is 7.21. The Kier molecular flexibility index (Phi) is 5.26. The van der Waals surface area contributed by atoms with E-state index in [0.717, 1.165) is 10.4 Å². The zero-order valence-electron chi connectivity index (χ0n) is 15.1. The summed E-state index contributed by atoms with van der Waals surface area (Å²) in [6, 6.07) is 17.6. The van der Waals surface area contributed by atoms with Gasteiger partial charge in [0, 0.05) is 10.4 Å². The zero-order valence-corrected chi connectivity index (χ0v) is 15.9. The van der Waals surface area contributed by atoms with E-state index in [2.05, 4.69) is 15.5 Å². The summed E-state index contributed by atoms with van der Waals surface area (Å²) in [7, 11) is 0. The smallest absolute Gasteiger partial charge is 0.262 e. The number of amides is 1. The third kappa shape index (κ3) is 4.12. The summed E-state index contributed by atoms with van der Waals surface area (Å²) >= 11 is 1.42. The van der Waals surface area contributed by atoms with Gasteiger partial charge in [-0.1, -0.05) is 48.5 Å². The predicted octanol–water partition coefficient (Wildman–Crippen LogP) is 3.41. The van der Waals surface area contributed by atoms with Gasteiger partial charge in [0.25, 0.3) is 11.5 Å². The molecule has 0 aliphatic carbocycles. The van der Waals surface area contributed by atoms with Crippen molar-refractivity contribution in [3.05, 3.63) is 88.7 Å². The SMILES string of the molecule is O=C(Cn1cnc2sc(-c3ccccc3)cc2c1=O)N/N=C/c1ccccc1F. The Morgan fingerprint density at radius 3 is 2.72 bits per heavy atom. The minimum atomic E-state index is -0.514. The van der Waals surface area contributed by atoms with E-state index in [1.54, 1.807) is 18.2 Å². The first kappa shape index (κ1) is 18.7. The van der Waals surface area contributed by atoms with Crippen molar-refractivity contribution in [1.29, 1.82) is 0 Å². The van der Waals surface area contributed by atoms with Crippen molar-refractivity contribution in [2.45, 2.75) is 6.54 Å². The first-order valence-electron chi connectivity index (χ1n) is 8.72. The van der Waals surface area contributed by atoms with Gasteiger partial charge in [0.2, 0.25) is 0 Å². The van der Waals surface area contributed by atoms with Crippen LogP contribution in [0.2, 0.25) is 0 Å². The molecule has 0 saturated carbocycles. The molecule has 29 heavy (non-hydrogen) atoms. The van der Waals surface area contributed by atoms with Gasteiger partial charge in [-0.2, -0.15) is 5.10 Å². The third-order valence-electron chi connectivity index (χ3n) is 4.19. The Morgan fingerprint density at radius 2 is 1.93 bits per heavy atom. The van der Waals surface area contributed by atoms with Crippen LogP contribution in [0.25, 0.3) is 20.7 Å². The molecule has 144 valence electrons. The fraction of sp³-hybridized carbons (Fsp3) is 0.0476. The molecule has 0 unspecified atom stereocenters. The molecular weight excluding hydrogens is 391 g/mol. The predicted molar refractivity (Wildman–Crippen MR) is 111 cm³/mol. The average molecular weight is 406 g/mol. The number of thiophene rings is 1. The van der Waals surface area contributed by atoms with E-state index in [0.29, 0.717) is 10.2 Å². The topological polar surface area (TPSA) is 76.3 Å². The van der Waals surface area contributed by atoms with Crippen LogP contribution >= 0.6 is 11.3 Å². The van der Waals surface area contributed by atoms with Crippen molar-refractivity contribution in [2.24, 2.45) is 5.10 Å². The molecule has 0 fully saturated rings. The van der Waals surface area contributed by atoms with E-state index in [-0.39, 0.29) is 17.7 Å². The summed E-state index contributed by atoms with van der Waals surface area (Å²) in [5.41, 5.74) is 3.24. The van der Waals surface area contributed by atoms with Gasteiger partial charge >= 0.3 is 0 Å². The van der Waals surface area contributed by atoms with Crippen LogP contribution in [-0.2, 0) is 11.3 Å². The van der Waals surface area contributed by atoms with Crippen molar-refractivity contribution in [1.82, 2.24) is 15.0 Å². The molecule has 4 aromatic rings. The number of nitrogens with zero attached hydrogens (tertiary/aromatic N) is 3. The molecule has 0 bridgehead atoms. The highest BCUT2D eigenvalue weighted by Gasteiger charge is 2.12. The van der Waals surface area contributed by atoms with Crippen LogP contribution in [0.3, 0.4) is 0 Å². The van der Waals surface area contributed by atoms with Crippen molar-refractivity contribution >= 4 is 33.7 Å². The normalized spacial score (nSPS) is 11.2. The van der Waals surface area contributed by atoms with Gasteiger partial charge in [-0.25, -0.2) is 14.8 Å². The molecule has 0 atom stereocenters. The standard InChI is InChI=1S/C21H15FN4O2S/c22-17-9-5-4-8-15(17)11-24-25-19(27)12-26-13-23-20-16(21(26)28)10-18(29-20)14-6-2-1-3-7-14/h1-11,13H,12H2,(H,25,27)/b24-11+. The number of carbonyl (C=O) groups is 1. The van der Waals surface area contributed by atoms with Crippen molar-refractivity contribution in [3.63, 3.8) is 0 Å². The van der Waals surface area contributed by atoms with E-state index in [1.807, 2.05) is 30.3 Å². The molecule has 0 aliphatic heterocycles. The van der Waals surface area contributed by atoms with E-state index >= 15 is 0 Å². The lowest BCUT2D eigenvalue weighted by Crippen LogP contribution is -2.29. The van der Waals surface area contributed by atoms with E-state index in [9.17, 15) is 14.0 Å². The molecule has 6 nitrogen and oxygen atoms in total. The minimum absolute atomic E-state index is 0.243. The molecule has 0 radical (unpaired) electrons. The van der Waals surface area contributed by atoms with Gasteiger partial charge in [0.05, 0.1) is 17.9 Å². The van der Waals surface area contributed by atoms with Crippen LogP contribution in [0.1, 0.15) is 5.56 Å². The number of nitrogens with one attached hydrogen (secondary N) is 1. The van der Waals surface area contributed by atoms with Gasteiger partial charge in [-0.3, -0.25) is 14.2 Å². The first-order chi connectivity index (χ1) is 14.1. The quantitative estimate of drug-likeness (QED) is 0.408. The summed E-state index contributed by atoms with van der Waals surface area (Å²) in [6.07, 6.45) is 2.55. The lowest BCUT2D eigenvalue weighted by atomic mass is 10.2. The number of fused-ring (bicyclic) bond motifs is 1. The molecule has 2 heterocycles. The highest BCUT2D eigenvalue weighted by Crippen LogP contribution is 2.30. The van der Waals surface area contributed by atoms with E-state index in [4.69, 9.17) is 0 Å².